The molecule has 1 aromatic carbocycles. The van der Waals surface area contributed by atoms with Crippen molar-refractivity contribution in [2.24, 2.45) is 0 Å². The van der Waals surface area contributed by atoms with Gasteiger partial charge in [0.2, 0.25) is 0 Å². The van der Waals surface area contributed by atoms with E-state index in [1.54, 1.807) is 17.5 Å². The zero-order valence-electron chi connectivity index (χ0n) is 9.85. The second-order valence-electron chi connectivity index (χ2n) is 3.68. The molecular weight excluding hydrogens is 265 g/mol. The number of carbonyl (C=O) groups is 1. The molecule has 0 saturated carbocycles. The molecule has 96 valence electrons. The summed E-state index contributed by atoms with van der Waals surface area (Å²) in [4.78, 5) is 11.9. The van der Waals surface area contributed by atoms with Gasteiger partial charge in [0.15, 0.2) is 6.61 Å². The first-order valence-electron chi connectivity index (χ1n) is 5.37. The molecule has 2 aromatic rings. The van der Waals surface area contributed by atoms with E-state index in [-0.39, 0.29) is 18.0 Å². The van der Waals surface area contributed by atoms with Crippen molar-refractivity contribution in [1.82, 2.24) is 0 Å². The molecule has 5 heteroatoms. The van der Waals surface area contributed by atoms with Crippen molar-refractivity contribution in [3.63, 3.8) is 0 Å². The summed E-state index contributed by atoms with van der Waals surface area (Å²) >= 11 is 1.22. The summed E-state index contributed by atoms with van der Waals surface area (Å²) in [7, 11) is 0. The first-order valence-corrected chi connectivity index (χ1v) is 6.25. The minimum absolute atomic E-state index is 0.114. The van der Waals surface area contributed by atoms with E-state index >= 15 is 0 Å². The molecule has 0 saturated heterocycles. The summed E-state index contributed by atoms with van der Waals surface area (Å²) in [6, 6.07) is 5.79. The molecular formula is C14H10FNO2S. The highest BCUT2D eigenvalue weighted by atomic mass is 32.1. The SMILES string of the molecule is C#CCOC(=O)c1c(-c2ccc(F)cc2)csc1N. The van der Waals surface area contributed by atoms with Crippen LogP contribution in [0.25, 0.3) is 11.1 Å². The molecule has 0 aliphatic rings. The summed E-state index contributed by atoms with van der Waals surface area (Å²) in [6.45, 7) is -0.114. The van der Waals surface area contributed by atoms with Crippen LogP contribution >= 0.6 is 11.3 Å². The number of terminal acetylenes is 1. The fourth-order valence-electron chi connectivity index (χ4n) is 1.60. The molecule has 1 aromatic heterocycles. The molecule has 0 bridgehead atoms. The number of anilines is 1. The van der Waals surface area contributed by atoms with Crippen LogP contribution in [-0.4, -0.2) is 12.6 Å². The molecule has 2 rings (SSSR count). The Bertz CT molecular complexity index is 640. The van der Waals surface area contributed by atoms with Gasteiger partial charge in [-0.2, -0.15) is 0 Å². The number of nitrogen functional groups attached to an aromatic ring is 1. The third-order valence-electron chi connectivity index (χ3n) is 2.47. The van der Waals surface area contributed by atoms with E-state index in [2.05, 4.69) is 5.92 Å². The lowest BCUT2D eigenvalue weighted by atomic mass is 10.0. The molecule has 0 aliphatic carbocycles. The number of hydrogen-bond acceptors (Lipinski definition) is 4. The molecule has 0 spiro atoms. The van der Waals surface area contributed by atoms with Crippen molar-refractivity contribution < 1.29 is 13.9 Å². The molecule has 0 amide bonds. The quantitative estimate of drug-likeness (QED) is 0.692. The molecule has 3 nitrogen and oxygen atoms in total. The molecule has 0 atom stereocenters. The highest BCUT2D eigenvalue weighted by Crippen LogP contribution is 2.34. The lowest BCUT2D eigenvalue weighted by molar-refractivity contribution is 0.0559. The number of thiophene rings is 1. The zero-order chi connectivity index (χ0) is 13.8. The third kappa shape index (κ3) is 2.75. The number of hydrogen-bond donors (Lipinski definition) is 1. The summed E-state index contributed by atoms with van der Waals surface area (Å²) in [5.41, 5.74) is 7.36. The van der Waals surface area contributed by atoms with Gasteiger partial charge in [0.05, 0.1) is 0 Å². The van der Waals surface area contributed by atoms with Crippen LogP contribution in [0.5, 0.6) is 0 Å². The van der Waals surface area contributed by atoms with Crippen LogP contribution in [0.3, 0.4) is 0 Å². The summed E-state index contributed by atoms with van der Waals surface area (Å²) in [5, 5.41) is 2.08. The Hall–Kier alpha value is -2.32. The van der Waals surface area contributed by atoms with Crippen molar-refractivity contribution in [2.75, 3.05) is 12.3 Å². The van der Waals surface area contributed by atoms with Gasteiger partial charge in [-0.25, -0.2) is 9.18 Å². The Kier molecular flexibility index (Phi) is 3.83. The summed E-state index contributed by atoms with van der Waals surface area (Å²) in [5.74, 6) is 1.30. The van der Waals surface area contributed by atoms with Gasteiger partial charge in [-0.3, -0.25) is 0 Å². The lowest BCUT2D eigenvalue weighted by Crippen LogP contribution is -2.07. The van der Waals surface area contributed by atoms with E-state index in [0.29, 0.717) is 16.1 Å². The number of rotatable bonds is 3. The van der Waals surface area contributed by atoms with Crippen LogP contribution in [0.4, 0.5) is 9.39 Å². The predicted octanol–water partition coefficient (Wildman–Crippen LogP) is 2.93. The minimum atomic E-state index is -0.573. The van der Waals surface area contributed by atoms with Crippen molar-refractivity contribution in [2.45, 2.75) is 0 Å². The van der Waals surface area contributed by atoms with Crippen LogP contribution in [-0.2, 0) is 4.74 Å². The first-order chi connectivity index (χ1) is 9.13. The van der Waals surface area contributed by atoms with E-state index in [1.165, 1.54) is 23.5 Å². The molecule has 0 unspecified atom stereocenters. The highest BCUT2D eigenvalue weighted by Gasteiger charge is 2.19. The molecule has 1 heterocycles. The van der Waals surface area contributed by atoms with Gasteiger partial charge in [-0.1, -0.05) is 18.1 Å². The number of benzene rings is 1. The van der Waals surface area contributed by atoms with Gasteiger partial charge in [-0.05, 0) is 17.7 Å². The second-order valence-corrected chi connectivity index (χ2v) is 4.59. The maximum Gasteiger partial charge on any atom is 0.342 e. The van der Waals surface area contributed by atoms with Crippen LogP contribution in [0.1, 0.15) is 10.4 Å². The topological polar surface area (TPSA) is 52.3 Å². The van der Waals surface area contributed by atoms with Crippen molar-refractivity contribution in [3.05, 3.63) is 41.0 Å². The van der Waals surface area contributed by atoms with Crippen molar-refractivity contribution in [1.29, 1.82) is 0 Å². The zero-order valence-corrected chi connectivity index (χ0v) is 10.7. The number of nitrogens with two attached hydrogens (primary N) is 1. The fraction of sp³-hybridized carbons (Fsp3) is 0.0714. The predicted molar refractivity (Wildman–Crippen MR) is 73.2 cm³/mol. The maximum atomic E-state index is 12.9. The minimum Gasteiger partial charge on any atom is -0.449 e. The molecule has 0 aliphatic heterocycles. The van der Waals surface area contributed by atoms with Crippen LogP contribution < -0.4 is 5.73 Å². The van der Waals surface area contributed by atoms with Crippen LogP contribution in [0.15, 0.2) is 29.6 Å². The highest BCUT2D eigenvalue weighted by molar-refractivity contribution is 7.14. The number of esters is 1. The van der Waals surface area contributed by atoms with Crippen molar-refractivity contribution >= 4 is 22.3 Å². The third-order valence-corrected chi connectivity index (χ3v) is 3.28. The van der Waals surface area contributed by atoms with Gasteiger partial charge in [0.25, 0.3) is 0 Å². The summed E-state index contributed by atoms with van der Waals surface area (Å²) < 4.78 is 17.8. The molecule has 2 N–H and O–H groups in total. The largest absolute Gasteiger partial charge is 0.449 e. The van der Waals surface area contributed by atoms with E-state index in [0.717, 1.165) is 0 Å². The Morgan fingerprint density at radius 2 is 2.11 bits per heavy atom. The molecule has 19 heavy (non-hydrogen) atoms. The van der Waals surface area contributed by atoms with Crippen molar-refractivity contribution in [3.8, 4) is 23.5 Å². The van der Waals surface area contributed by atoms with E-state index in [9.17, 15) is 9.18 Å². The monoisotopic (exact) mass is 275 g/mol. The Balaban J connectivity index is 2.40. The molecule has 0 fully saturated rings. The smallest absolute Gasteiger partial charge is 0.342 e. The van der Waals surface area contributed by atoms with Gasteiger partial charge in [-0.15, -0.1) is 17.8 Å². The maximum absolute atomic E-state index is 12.9. The second kappa shape index (κ2) is 5.55. The van der Waals surface area contributed by atoms with Gasteiger partial charge in [0, 0.05) is 10.9 Å². The van der Waals surface area contributed by atoms with E-state index in [4.69, 9.17) is 16.9 Å². The van der Waals surface area contributed by atoms with Gasteiger partial charge in [0.1, 0.15) is 16.4 Å². The Labute approximate surface area is 113 Å². The lowest BCUT2D eigenvalue weighted by Gasteiger charge is -2.05. The fourth-order valence-corrected chi connectivity index (χ4v) is 2.41. The van der Waals surface area contributed by atoms with Crippen LogP contribution in [0, 0.1) is 18.2 Å². The Morgan fingerprint density at radius 1 is 1.42 bits per heavy atom. The number of halogens is 1. The van der Waals surface area contributed by atoms with Crippen LogP contribution in [0.2, 0.25) is 0 Å². The molecule has 0 radical (unpaired) electrons. The Morgan fingerprint density at radius 3 is 2.74 bits per heavy atom. The normalized spacial score (nSPS) is 9.89. The average Bonchev–Trinajstić information content (AvgIpc) is 2.79. The average molecular weight is 275 g/mol. The summed E-state index contributed by atoms with van der Waals surface area (Å²) in [6.07, 6.45) is 5.04. The van der Waals surface area contributed by atoms with E-state index in [1.807, 2.05) is 0 Å². The van der Waals surface area contributed by atoms with Gasteiger partial charge >= 0.3 is 5.97 Å². The first kappa shape index (κ1) is 13.1. The number of ether oxygens (including phenoxy) is 1. The van der Waals surface area contributed by atoms with Gasteiger partial charge < -0.3 is 10.5 Å². The van der Waals surface area contributed by atoms with E-state index < -0.39 is 5.97 Å². The number of carbonyl (C=O) groups excluding carboxylic acids is 1. The standard InChI is InChI=1S/C14H10FNO2S/c1-2-7-18-14(17)12-11(8-19-13(12)16)9-3-5-10(15)6-4-9/h1,3-6,8H,7,16H2.